The van der Waals surface area contributed by atoms with E-state index in [4.69, 9.17) is 10.8 Å². The van der Waals surface area contributed by atoms with Gasteiger partial charge in [-0.05, 0) is 32.1 Å². The maximum absolute atomic E-state index is 8.74. The molecule has 3 N–H and O–H groups in total. The highest BCUT2D eigenvalue weighted by Gasteiger charge is 2.26. The summed E-state index contributed by atoms with van der Waals surface area (Å²) in [5, 5.41) is 17.1. The zero-order chi connectivity index (χ0) is 12.1. The van der Waals surface area contributed by atoms with E-state index in [0.29, 0.717) is 12.5 Å². The third-order valence-corrected chi connectivity index (χ3v) is 3.56. The fourth-order valence-corrected chi connectivity index (χ4v) is 2.35. The molecular weight excluding hydrogens is 216 g/mol. The summed E-state index contributed by atoms with van der Waals surface area (Å²) >= 11 is 0. The van der Waals surface area contributed by atoms with Crippen LogP contribution in [0.4, 0.5) is 0 Å². The van der Waals surface area contributed by atoms with E-state index in [0.717, 1.165) is 31.5 Å². The third-order valence-electron chi connectivity index (χ3n) is 3.56. The summed E-state index contributed by atoms with van der Waals surface area (Å²) in [5.41, 5.74) is 7.94. The quantitative estimate of drug-likeness (QED) is 0.699. The van der Waals surface area contributed by atoms with Gasteiger partial charge >= 0.3 is 0 Å². The minimum Gasteiger partial charge on any atom is -0.396 e. The molecule has 1 aliphatic carbocycles. The van der Waals surface area contributed by atoms with Crippen molar-refractivity contribution in [2.75, 3.05) is 6.61 Å². The number of nitrogens with zero attached hydrogens (tertiary/aromatic N) is 3. The average molecular weight is 238 g/mol. The number of aromatic nitrogens is 3. The van der Waals surface area contributed by atoms with E-state index in [1.165, 1.54) is 25.0 Å². The molecule has 0 amide bonds. The van der Waals surface area contributed by atoms with Crippen molar-refractivity contribution in [1.82, 2.24) is 15.0 Å². The predicted molar refractivity (Wildman–Crippen MR) is 65.4 cm³/mol. The van der Waals surface area contributed by atoms with Crippen molar-refractivity contribution in [3.05, 3.63) is 11.4 Å². The van der Waals surface area contributed by atoms with Crippen LogP contribution in [0.1, 0.15) is 55.8 Å². The van der Waals surface area contributed by atoms with Gasteiger partial charge in [0.05, 0.1) is 11.4 Å². The summed E-state index contributed by atoms with van der Waals surface area (Å²) < 4.78 is 2.03. The monoisotopic (exact) mass is 238 g/mol. The van der Waals surface area contributed by atoms with Gasteiger partial charge < -0.3 is 10.8 Å². The Kier molecular flexibility index (Phi) is 4.50. The second kappa shape index (κ2) is 6.12. The molecule has 0 aromatic carbocycles. The SMILES string of the molecule is NCc1nnn(CCCCCO)c1C1CCC1. The van der Waals surface area contributed by atoms with E-state index in [1.54, 1.807) is 0 Å². The number of hydrogen-bond donors (Lipinski definition) is 2. The standard InChI is InChI=1S/C12H22N4O/c13-9-11-12(10-5-4-6-10)16(15-14-11)7-2-1-3-8-17/h10,17H,1-9,13H2. The summed E-state index contributed by atoms with van der Waals surface area (Å²) in [4.78, 5) is 0. The summed E-state index contributed by atoms with van der Waals surface area (Å²) in [5.74, 6) is 0.626. The van der Waals surface area contributed by atoms with E-state index < -0.39 is 0 Å². The van der Waals surface area contributed by atoms with Crippen LogP contribution in [0.25, 0.3) is 0 Å². The Morgan fingerprint density at radius 3 is 2.71 bits per heavy atom. The van der Waals surface area contributed by atoms with Crippen molar-refractivity contribution < 1.29 is 5.11 Å². The van der Waals surface area contributed by atoms with Crippen LogP contribution in [0, 0.1) is 0 Å². The lowest BCUT2D eigenvalue weighted by molar-refractivity contribution is 0.280. The van der Waals surface area contributed by atoms with Gasteiger partial charge in [-0.3, -0.25) is 0 Å². The summed E-state index contributed by atoms with van der Waals surface area (Å²) in [6.07, 6.45) is 6.77. The Hall–Kier alpha value is -0.940. The number of hydrogen-bond acceptors (Lipinski definition) is 4. The summed E-state index contributed by atoms with van der Waals surface area (Å²) in [6.45, 7) is 1.67. The topological polar surface area (TPSA) is 77.0 Å². The molecule has 17 heavy (non-hydrogen) atoms. The van der Waals surface area contributed by atoms with Gasteiger partial charge in [-0.2, -0.15) is 0 Å². The van der Waals surface area contributed by atoms with Crippen molar-refractivity contribution in [2.45, 2.75) is 57.5 Å². The molecule has 1 saturated carbocycles. The van der Waals surface area contributed by atoms with Crippen LogP contribution < -0.4 is 5.73 Å². The largest absolute Gasteiger partial charge is 0.396 e. The second-order valence-corrected chi connectivity index (χ2v) is 4.76. The third kappa shape index (κ3) is 2.84. The van der Waals surface area contributed by atoms with E-state index in [9.17, 15) is 0 Å². The van der Waals surface area contributed by atoms with Gasteiger partial charge in [0, 0.05) is 25.6 Å². The maximum atomic E-state index is 8.74. The van der Waals surface area contributed by atoms with Gasteiger partial charge in [-0.15, -0.1) is 5.10 Å². The summed E-state index contributed by atoms with van der Waals surface area (Å²) in [6, 6.07) is 0. The van der Waals surface area contributed by atoms with Crippen LogP contribution in [0.15, 0.2) is 0 Å². The minimum absolute atomic E-state index is 0.279. The van der Waals surface area contributed by atoms with Crippen LogP contribution in [0.3, 0.4) is 0 Å². The normalized spacial score (nSPS) is 16.1. The van der Waals surface area contributed by atoms with Crippen LogP contribution in [-0.4, -0.2) is 26.7 Å². The molecule has 1 fully saturated rings. The Labute approximate surface area is 102 Å². The molecular formula is C12H22N4O. The maximum Gasteiger partial charge on any atom is 0.0997 e. The van der Waals surface area contributed by atoms with Gasteiger partial charge in [0.15, 0.2) is 0 Å². The van der Waals surface area contributed by atoms with E-state index in [1.807, 2.05) is 4.68 Å². The Morgan fingerprint density at radius 2 is 2.12 bits per heavy atom. The number of aryl methyl sites for hydroxylation is 1. The molecule has 0 aliphatic heterocycles. The highest BCUT2D eigenvalue weighted by atomic mass is 16.2. The first-order valence-corrected chi connectivity index (χ1v) is 6.60. The molecule has 5 heteroatoms. The molecule has 0 spiro atoms. The first-order chi connectivity index (χ1) is 8.36. The van der Waals surface area contributed by atoms with Crippen molar-refractivity contribution in [1.29, 1.82) is 0 Å². The zero-order valence-electron chi connectivity index (χ0n) is 10.3. The molecule has 0 bridgehead atoms. The van der Waals surface area contributed by atoms with Gasteiger partial charge in [-0.1, -0.05) is 11.6 Å². The lowest BCUT2D eigenvalue weighted by atomic mass is 9.82. The fraction of sp³-hybridized carbons (Fsp3) is 0.833. The first kappa shape index (κ1) is 12.5. The molecule has 1 aromatic heterocycles. The lowest BCUT2D eigenvalue weighted by Gasteiger charge is -2.26. The molecule has 0 atom stereocenters. The van der Waals surface area contributed by atoms with Crippen molar-refractivity contribution in [3.63, 3.8) is 0 Å². The second-order valence-electron chi connectivity index (χ2n) is 4.76. The number of aliphatic hydroxyl groups excluding tert-OH is 1. The van der Waals surface area contributed by atoms with Crippen LogP contribution in [-0.2, 0) is 13.1 Å². The smallest absolute Gasteiger partial charge is 0.0997 e. The molecule has 0 saturated heterocycles. The van der Waals surface area contributed by atoms with Crippen molar-refractivity contribution in [2.24, 2.45) is 5.73 Å². The van der Waals surface area contributed by atoms with Crippen molar-refractivity contribution >= 4 is 0 Å². The van der Waals surface area contributed by atoms with Gasteiger partial charge in [0.25, 0.3) is 0 Å². The van der Waals surface area contributed by atoms with Gasteiger partial charge in [0.2, 0.25) is 0 Å². The highest BCUT2D eigenvalue weighted by Crippen LogP contribution is 2.37. The lowest BCUT2D eigenvalue weighted by Crippen LogP contribution is -2.18. The van der Waals surface area contributed by atoms with E-state index >= 15 is 0 Å². The molecule has 1 aliphatic rings. The average Bonchev–Trinajstić information content (AvgIpc) is 2.66. The van der Waals surface area contributed by atoms with Gasteiger partial charge in [0.1, 0.15) is 0 Å². The zero-order valence-corrected chi connectivity index (χ0v) is 10.3. The predicted octanol–water partition coefficient (Wildman–Crippen LogP) is 1.17. The molecule has 1 aromatic rings. The molecule has 5 nitrogen and oxygen atoms in total. The number of rotatable bonds is 7. The fourth-order valence-electron chi connectivity index (χ4n) is 2.35. The van der Waals surface area contributed by atoms with Crippen LogP contribution in [0.5, 0.6) is 0 Å². The van der Waals surface area contributed by atoms with Crippen LogP contribution >= 0.6 is 0 Å². The molecule has 0 unspecified atom stereocenters. The van der Waals surface area contributed by atoms with Crippen molar-refractivity contribution in [3.8, 4) is 0 Å². The summed E-state index contributed by atoms with van der Waals surface area (Å²) in [7, 11) is 0. The van der Waals surface area contributed by atoms with E-state index in [2.05, 4.69) is 10.3 Å². The highest BCUT2D eigenvalue weighted by molar-refractivity contribution is 5.17. The molecule has 96 valence electrons. The Balaban J connectivity index is 1.97. The Morgan fingerprint density at radius 1 is 1.29 bits per heavy atom. The Bertz CT molecular complexity index is 346. The molecule has 0 radical (unpaired) electrons. The number of unbranched alkanes of at least 4 members (excludes halogenated alkanes) is 2. The van der Waals surface area contributed by atoms with E-state index in [-0.39, 0.29) is 6.61 Å². The molecule has 2 rings (SSSR count). The van der Waals surface area contributed by atoms with Gasteiger partial charge in [-0.25, -0.2) is 4.68 Å². The number of nitrogens with two attached hydrogens (primary N) is 1. The minimum atomic E-state index is 0.279. The van der Waals surface area contributed by atoms with Crippen LogP contribution in [0.2, 0.25) is 0 Å². The first-order valence-electron chi connectivity index (χ1n) is 6.60. The molecule has 1 heterocycles. The number of aliphatic hydroxyl groups is 1.